The molecule has 1 aromatic rings. The molecule has 5 nitrogen and oxygen atoms in total. The standard InChI is InChI=1S/C11H16N2O3/c1-15-5-2-6-16-10-7-8(12)3-4-9(10)11(13)14/h3-4,7H,2,5-6,12H2,1H3,(H2,13,14). The van der Waals surface area contributed by atoms with Crippen molar-refractivity contribution >= 4 is 11.6 Å². The molecule has 0 aromatic heterocycles. The Labute approximate surface area is 94.3 Å². The first kappa shape index (κ1) is 12.3. The molecule has 1 rings (SSSR count). The summed E-state index contributed by atoms with van der Waals surface area (Å²) in [7, 11) is 1.62. The molecule has 0 fully saturated rings. The summed E-state index contributed by atoms with van der Waals surface area (Å²) in [6.45, 7) is 1.06. The second kappa shape index (κ2) is 5.97. The lowest BCUT2D eigenvalue weighted by Crippen LogP contribution is -2.14. The Hall–Kier alpha value is -1.75. The van der Waals surface area contributed by atoms with Crippen LogP contribution in [-0.4, -0.2) is 26.2 Å². The van der Waals surface area contributed by atoms with Gasteiger partial charge in [-0.3, -0.25) is 4.79 Å². The molecule has 1 aromatic carbocycles. The highest BCUT2D eigenvalue weighted by atomic mass is 16.5. The number of rotatable bonds is 6. The number of nitrogens with two attached hydrogens (primary N) is 2. The van der Waals surface area contributed by atoms with Gasteiger partial charge in [-0.1, -0.05) is 0 Å². The van der Waals surface area contributed by atoms with Crippen molar-refractivity contribution in [3.05, 3.63) is 23.8 Å². The third-order valence-corrected chi connectivity index (χ3v) is 2.02. The fourth-order valence-corrected chi connectivity index (χ4v) is 1.25. The highest BCUT2D eigenvalue weighted by Gasteiger charge is 2.09. The van der Waals surface area contributed by atoms with Gasteiger partial charge in [-0.05, 0) is 12.1 Å². The Morgan fingerprint density at radius 2 is 2.12 bits per heavy atom. The lowest BCUT2D eigenvalue weighted by molar-refractivity contribution is 0.0995. The fraction of sp³-hybridized carbons (Fsp3) is 0.364. The van der Waals surface area contributed by atoms with E-state index in [1.807, 2.05) is 0 Å². The number of hydrogen-bond donors (Lipinski definition) is 2. The molecule has 88 valence electrons. The van der Waals surface area contributed by atoms with E-state index < -0.39 is 5.91 Å². The summed E-state index contributed by atoms with van der Waals surface area (Å²) in [4.78, 5) is 11.1. The molecule has 16 heavy (non-hydrogen) atoms. The van der Waals surface area contributed by atoms with E-state index >= 15 is 0 Å². The van der Waals surface area contributed by atoms with Crippen LogP contribution in [0.2, 0.25) is 0 Å². The Bertz CT molecular complexity index is 366. The molecule has 0 bridgehead atoms. The van der Waals surface area contributed by atoms with Crippen LogP contribution in [0.3, 0.4) is 0 Å². The molecular formula is C11H16N2O3. The first-order chi connectivity index (χ1) is 7.65. The second-order valence-corrected chi connectivity index (χ2v) is 3.31. The molecule has 0 atom stereocenters. The molecule has 0 aliphatic carbocycles. The van der Waals surface area contributed by atoms with E-state index in [1.165, 1.54) is 0 Å². The van der Waals surface area contributed by atoms with Gasteiger partial charge in [-0.2, -0.15) is 0 Å². The van der Waals surface area contributed by atoms with E-state index in [4.69, 9.17) is 20.9 Å². The zero-order valence-electron chi connectivity index (χ0n) is 9.23. The van der Waals surface area contributed by atoms with E-state index in [9.17, 15) is 4.79 Å². The average molecular weight is 224 g/mol. The van der Waals surface area contributed by atoms with Crippen LogP contribution in [0.5, 0.6) is 5.75 Å². The molecule has 0 saturated carbocycles. The van der Waals surface area contributed by atoms with E-state index in [0.717, 1.165) is 6.42 Å². The van der Waals surface area contributed by atoms with Gasteiger partial charge in [0, 0.05) is 31.9 Å². The van der Waals surface area contributed by atoms with Crippen molar-refractivity contribution in [1.82, 2.24) is 0 Å². The predicted octanol–water partition coefficient (Wildman–Crippen LogP) is 0.783. The molecule has 0 unspecified atom stereocenters. The molecule has 0 spiro atoms. The van der Waals surface area contributed by atoms with Crippen molar-refractivity contribution in [2.24, 2.45) is 5.73 Å². The fourth-order valence-electron chi connectivity index (χ4n) is 1.25. The van der Waals surface area contributed by atoms with Crippen LogP contribution in [0.1, 0.15) is 16.8 Å². The minimum atomic E-state index is -0.526. The minimum Gasteiger partial charge on any atom is -0.493 e. The van der Waals surface area contributed by atoms with Crippen molar-refractivity contribution in [2.75, 3.05) is 26.1 Å². The summed E-state index contributed by atoms with van der Waals surface area (Å²) in [5, 5.41) is 0. The van der Waals surface area contributed by atoms with Gasteiger partial charge < -0.3 is 20.9 Å². The van der Waals surface area contributed by atoms with Gasteiger partial charge in [-0.25, -0.2) is 0 Å². The first-order valence-electron chi connectivity index (χ1n) is 4.96. The van der Waals surface area contributed by atoms with Crippen LogP contribution in [0.25, 0.3) is 0 Å². The van der Waals surface area contributed by atoms with Crippen LogP contribution >= 0.6 is 0 Å². The zero-order chi connectivity index (χ0) is 12.0. The number of nitrogen functional groups attached to an aromatic ring is 1. The zero-order valence-corrected chi connectivity index (χ0v) is 9.23. The molecule has 1 amide bonds. The maximum absolute atomic E-state index is 11.1. The van der Waals surface area contributed by atoms with Gasteiger partial charge in [0.2, 0.25) is 0 Å². The number of methoxy groups -OCH3 is 1. The summed E-state index contributed by atoms with van der Waals surface area (Å²) in [6, 6.07) is 4.76. The summed E-state index contributed by atoms with van der Waals surface area (Å²) in [5.74, 6) is -0.106. The molecular weight excluding hydrogens is 208 g/mol. The van der Waals surface area contributed by atoms with Gasteiger partial charge in [-0.15, -0.1) is 0 Å². The molecule has 0 saturated heterocycles. The lowest BCUT2D eigenvalue weighted by atomic mass is 10.1. The van der Waals surface area contributed by atoms with Crippen molar-refractivity contribution in [3.63, 3.8) is 0 Å². The van der Waals surface area contributed by atoms with Gasteiger partial charge in [0.1, 0.15) is 5.75 Å². The number of anilines is 1. The molecule has 0 heterocycles. The van der Waals surface area contributed by atoms with Crippen molar-refractivity contribution in [3.8, 4) is 5.75 Å². The molecule has 5 heteroatoms. The van der Waals surface area contributed by atoms with E-state index in [0.29, 0.717) is 30.2 Å². The monoisotopic (exact) mass is 224 g/mol. The minimum absolute atomic E-state index is 0.339. The largest absolute Gasteiger partial charge is 0.493 e. The van der Waals surface area contributed by atoms with Crippen molar-refractivity contribution in [2.45, 2.75) is 6.42 Å². The number of carbonyl (C=O) groups excluding carboxylic acids is 1. The summed E-state index contributed by atoms with van der Waals surface area (Å²) >= 11 is 0. The van der Waals surface area contributed by atoms with E-state index in [-0.39, 0.29) is 0 Å². The number of hydrogen-bond acceptors (Lipinski definition) is 4. The number of primary amides is 1. The van der Waals surface area contributed by atoms with Crippen LogP contribution in [-0.2, 0) is 4.74 Å². The highest BCUT2D eigenvalue weighted by molar-refractivity contribution is 5.96. The van der Waals surface area contributed by atoms with Crippen LogP contribution in [0, 0.1) is 0 Å². The van der Waals surface area contributed by atoms with Crippen LogP contribution in [0.15, 0.2) is 18.2 Å². The topological polar surface area (TPSA) is 87.6 Å². The molecule has 0 aliphatic rings. The third kappa shape index (κ3) is 3.43. The number of ether oxygens (including phenoxy) is 2. The Morgan fingerprint density at radius 3 is 2.75 bits per heavy atom. The maximum atomic E-state index is 11.1. The molecule has 4 N–H and O–H groups in total. The Kier molecular flexibility index (Phi) is 4.60. The van der Waals surface area contributed by atoms with Crippen LogP contribution in [0.4, 0.5) is 5.69 Å². The third-order valence-electron chi connectivity index (χ3n) is 2.02. The van der Waals surface area contributed by atoms with Gasteiger partial charge in [0.15, 0.2) is 0 Å². The predicted molar refractivity (Wildman–Crippen MR) is 61.4 cm³/mol. The van der Waals surface area contributed by atoms with Gasteiger partial charge in [0.05, 0.1) is 12.2 Å². The van der Waals surface area contributed by atoms with Gasteiger partial charge in [0.25, 0.3) is 5.91 Å². The van der Waals surface area contributed by atoms with E-state index in [2.05, 4.69) is 0 Å². The Morgan fingerprint density at radius 1 is 1.38 bits per heavy atom. The van der Waals surface area contributed by atoms with Crippen LogP contribution < -0.4 is 16.2 Å². The second-order valence-electron chi connectivity index (χ2n) is 3.31. The quantitative estimate of drug-likeness (QED) is 0.552. The number of carbonyl (C=O) groups is 1. The van der Waals surface area contributed by atoms with Crippen molar-refractivity contribution in [1.29, 1.82) is 0 Å². The maximum Gasteiger partial charge on any atom is 0.252 e. The summed E-state index contributed by atoms with van der Waals surface area (Å²) in [6.07, 6.45) is 0.740. The summed E-state index contributed by atoms with van der Waals surface area (Å²) < 4.78 is 10.3. The highest BCUT2D eigenvalue weighted by Crippen LogP contribution is 2.21. The first-order valence-corrected chi connectivity index (χ1v) is 4.96. The summed E-state index contributed by atoms with van der Waals surface area (Å²) in [5.41, 5.74) is 11.7. The number of benzene rings is 1. The van der Waals surface area contributed by atoms with Crippen molar-refractivity contribution < 1.29 is 14.3 Å². The average Bonchev–Trinajstić information content (AvgIpc) is 2.24. The van der Waals surface area contributed by atoms with Gasteiger partial charge >= 0.3 is 0 Å². The van der Waals surface area contributed by atoms with E-state index in [1.54, 1.807) is 25.3 Å². The smallest absolute Gasteiger partial charge is 0.252 e. The molecule has 0 aliphatic heterocycles. The SMILES string of the molecule is COCCCOc1cc(N)ccc1C(N)=O. The number of amides is 1. The Balaban J connectivity index is 2.68. The molecule has 0 radical (unpaired) electrons. The normalized spacial score (nSPS) is 10.1. The lowest BCUT2D eigenvalue weighted by Gasteiger charge is -2.09.